The third-order valence-corrected chi connectivity index (χ3v) is 5.62. The van der Waals surface area contributed by atoms with Crippen molar-refractivity contribution in [2.45, 2.75) is 19.4 Å². The fourth-order valence-electron chi connectivity index (χ4n) is 3.26. The van der Waals surface area contributed by atoms with Gasteiger partial charge in [0, 0.05) is 35.3 Å². The Morgan fingerprint density at radius 1 is 1.18 bits per heavy atom. The molecule has 1 aliphatic rings. The first kappa shape index (κ1) is 20.9. The summed E-state index contributed by atoms with van der Waals surface area (Å²) >= 11 is 18.3. The number of amides is 1. The van der Waals surface area contributed by atoms with Crippen molar-refractivity contribution in [3.8, 4) is 0 Å². The van der Waals surface area contributed by atoms with Crippen LogP contribution in [0.3, 0.4) is 0 Å². The van der Waals surface area contributed by atoms with Gasteiger partial charge in [0.25, 0.3) is 5.69 Å². The summed E-state index contributed by atoms with van der Waals surface area (Å²) in [5.41, 5.74) is 1.08. The van der Waals surface area contributed by atoms with Crippen molar-refractivity contribution in [2.75, 3.05) is 18.4 Å². The van der Waals surface area contributed by atoms with E-state index in [4.69, 9.17) is 34.8 Å². The summed E-state index contributed by atoms with van der Waals surface area (Å²) in [6.07, 6.45) is 1.61. The topological polar surface area (TPSA) is 75.5 Å². The lowest BCUT2D eigenvalue weighted by Crippen LogP contribution is -2.40. The molecule has 0 aromatic heterocycles. The molecule has 1 atom stereocenters. The lowest BCUT2D eigenvalue weighted by atomic mass is 9.96. The van der Waals surface area contributed by atoms with E-state index >= 15 is 0 Å². The Labute approximate surface area is 177 Å². The molecular weight excluding hydrogens is 425 g/mol. The Morgan fingerprint density at radius 3 is 2.68 bits per heavy atom. The van der Waals surface area contributed by atoms with E-state index in [0.29, 0.717) is 23.1 Å². The number of non-ortho nitro benzene ring substituents is 1. The summed E-state index contributed by atoms with van der Waals surface area (Å²) in [7, 11) is 0. The maximum atomic E-state index is 12.7. The van der Waals surface area contributed by atoms with Crippen LogP contribution >= 0.6 is 34.8 Å². The molecule has 1 unspecified atom stereocenters. The minimum absolute atomic E-state index is 0.123. The second-order valence-corrected chi connectivity index (χ2v) is 7.97. The predicted molar refractivity (Wildman–Crippen MR) is 111 cm³/mol. The number of nitro benzene ring substituents is 1. The number of halogens is 3. The van der Waals surface area contributed by atoms with E-state index < -0.39 is 4.92 Å². The van der Waals surface area contributed by atoms with E-state index in [2.05, 4.69) is 10.2 Å². The van der Waals surface area contributed by atoms with Gasteiger partial charge in [0.1, 0.15) is 0 Å². The van der Waals surface area contributed by atoms with E-state index in [-0.39, 0.29) is 28.2 Å². The van der Waals surface area contributed by atoms with Gasteiger partial charge < -0.3 is 5.32 Å². The average molecular weight is 443 g/mol. The molecule has 1 heterocycles. The molecule has 2 aromatic rings. The number of carbonyl (C=O) groups is 1. The number of nitro groups is 1. The van der Waals surface area contributed by atoms with Crippen LogP contribution in [-0.2, 0) is 11.3 Å². The van der Waals surface area contributed by atoms with Gasteiger partial charge in [-0.1, -0.05) is 40.9 Å². The van der Waals surface area contributed by atoms with Gasteiger partial charge in [0.15, 0.2) is 0 Å². The van der Waals surface area contributed by atoms with Crippen LogP contribution in [0, 0.1) is 16.0 Å². The van der Waals surface area contributed by atoms with E-state index in [1.165, 1.54) is 18.2 Å². The molecule has 1 aliphatic heterocycles. The number of carbonyl (C=O) groups excluding carboxylic acids is 1. The zero-order chi connectivity index (χ0) is 20.3. The SMILES string of the molecule is O=C(Nc1cc([N+](=O)[O-])ccc1Cl)C1CCCN(Cc2ccc(Cl)cc2Cl)C1. The Morgan fingerprint density at radius 2 is 1.96 bits per heavy atom. The first-order valence-electron chi connectivity index (χ1n) is 8.74. The monoisotopic (exact) mass is 441 g/mol. The van der Waals surface area contributed by atoms with Crippen molar-refractivity contribution in [2.24, 2.45) is 5.92 Å². The zero-order valence-electron chi connectivity index (χ0n) is 14.8. The number of hydrogen-bond donors (Lipinski definition) is 1. The summed E-state index contributed by atoms with van der Waals surface area (Å²) in [6, 6.07) is 9.37. The molecule has 2 aromatic carbocycles. The quantitative estimate of drug-likeness (QED) is 0.496. The standard InChI is InChI=1S/C19H18Cl3N3O3/c20-14-4-3-12(17(22)8-14)10-24-7-1-2-13(11-24)19(26)23-18-9-15(25(27)28)5-6-16(18)21/h3-6,8-9,13H,1-2,7,10-11H2,(H,23,26). The van der Waals surface area contributed by atoms with Crippen molar-refractivity contribution in [1.82, 2.24) is 4.90 Å². The summed E-state index contributed by atoms with van der Waals surface area (Å²) in [5.74, 6) is -0.440. The third-order valence-electron chi connectivity index (χ3n) is 4.70. The van der Waals surface area contributed by atoms with Crippen LogP contribution in [0.2, 0.25) is 15.1 Å². The van der Waals surface area contributed by atoms with Crippen LogP contribution in [0.25, 0.3) is 0 Å². The largest absolute Gasteiger partial charge is 0.324 e. The first-order valence-corrected chi connectivity index (χ1v) is 9.88. The Kier molecular flexibility index (Phi) is 6.78. The number of rotatable bonds is 5. The Hall–Kier alpha value is -1.86. The van der Waals surface area contributed by atoms with Crippen LogP contribution in [0.15, 0.2) is 36.4 Å². The highest BCUT2D eigenvalue weighted by Gasteiger charge is 2.27. The molecule has 0 saturated carbocycles. The fraction of sp³-hybridized carbons (Fsp3) is 0.316. The Balaban J connectivity index is 1.66. The van der Waals surface area contributed by atoms with Gasteiger partial charge in [0.2, 0.25) is 5.91 Å². The summed E-state index contributed by atoms with van der Waals surface area (Å²) in [5, 5.41) is 15.1. The summed E-state index contributed by atoms with van der Waals surface area (Å²) < 4.78 is 0. The number of likely N-dealkylation sites (tertiary alicyclic amines) is 1. The van der Waals surface area contributed by atoms with Crippen molar-refractivity contribution in [1.29, 1.82) is 0 Å². The molecule has 0 aliphatic carbocycles. The molecule has 9 heteroatoms. The normalized spacial score (nSPS) is 17.3. The maximum absolute atomic E-state index is 12.7. The smallest absolute Gasteiger partial charge is 0.271 e. The molecule has 1 saturated heterocycles. The van der Waals surface area contributed by atoms with Gasteiger partial charge in [-0.2, -0.15) is 0 Å². The van der Waals surface area contributed by atoms with Crippen LogP contribution in [0.4, 0.5) is 11.4 Å². The molecule has 3 rings (SSSR count). The second kappa shape index (κ2) is 9.09. The molecule has 1 fully saturated rings. The molecule has 1 amide bonds. The first-order chi connectivity index (χ1) is 13.3. The predicted octanol–water partition coefficient (Wildman–Crippen LogP) is 5.41. The van der Waals surface area contributed by atoms with Crippen LogP contribution in [0.1, 0.15) is 18.4 Å². The number of nitrogens with one attached hydrogen (secondary N) is 1. The molecule has 1 N–H and O–H groups in total. The average Bonchev–Trinajstić information content (AvgIpc) is 2.66. The third kappa shape index (κ3) is 5.14. The van der Waals surface area contributed by atoms with E-state index in [1.54, 1.807) is 12.1 Å². The van der Waals surface area contributed by atoms with E-state index in [1.807, 2.05) is 6.07 Å². The molecule has 0 bridgehead atoms. The fourth-order valence-corrected chi connectivity index (χ4v) is 3.89. The molecule has 0 radical (unpaired) electrons. The van der Waals surface area contributed by atoms with Gasteiger partial charge in [-0.15, -0.1) is 0 Å². The highest BCUT2D eigenvalue weighted by Crippen LogP contribution is 2.29. The minimum atomic E-state index is -0.524. The Bertz CT molecular complexity index is 907. The molecular formula is C19H18Cl3N3O3. The molecule has 0 spiro atoms. The lowest BCUT2D eigenvalue weighted by Gasteiger charge is -2.32. The van der Waals surface area contributed by atoms with Crippen molar-refractivity contribution < 1.29 is 9.72 Å². The van der Waals surface area contributed by atoms with Crippen molar-refractivity contribution >= 4 is 52.1 Å². The second-order valence-electron chi connectivity index (χ2n) is 6.72. The minimum Gasteiger partial charge on any atom is -0.324 e. The van der Waals surface area contributed by atoms with Crippen LogP contribution in [0.5, 0.6) is 0 Å². The van der Waals surface area contributed by atoms with E-state index in [0.717, 1.165) is 24.9 Å². The number of benzene rings is 2. The van der Waals surface area contributed by atoms with Gasteiger partial charge in [-0.05, 0) is 43.1 Å². The summed E-state index contributed by atoms with van der Waals surface area (Å²) in [6.45, 7) is 2.05. The number of piperidine rings is 1. The van der Waals surface area contributed by atoms with Crippen molar-refractivity contribution in [3.05, 3.63) is 67.1 Å². The highest BCUT2D eigenvalue weighted by molar-refractivity contribution is 6.35. The van der Waals surface area contributed by atoms with Gasteiger partial charge >= 0.3 is 0 Å². The summed E-state index contributed by atoms with van der Waals surface area (Å²) in [4.78, 5) is 25.3. The lowest BCUT2D eigenvalue weighted by molar-refractivity contribution is -0.384. The van der Waals surface area contributed by atoms with E-state index in [9.17, 15) is 14.9 Å². The zero-order valence-corrected chi connectivity index (χ0v) is 17.1. The van der Waals surface area contributed by atoms with Gasteiger partial charge in [-0.25, -0.2) is 0 Å². The number of nitrogens with zero attached hydrogens (tertiary/aromatic N) is 2. The van der Waals surface area contributed by atoms with Gasteiger partial charge in [-0.3, -0.25) is 19.8 Å². The highest BCUT2D eigenvalue weighted by atomic mass is 35.5. The van der Waals surface area contributed by atoms with Crippen LogP contribution in [-0.4, -0.2) is 28.8 Å². The maximum Gasteiger partial charge on any atom is 0.271 e. The van der Waals surface area contributed by atoms with Gasteiger partial charge in [0.05, 0.1) is 21.6 Å². The molecule has 28 heavy (non-hydrogen) atoms. The molecule has 6 nitrogen and oxygen atoms in total. The number of hydrogen-bond acceptors (Lipinski definition) is 4. The molecule has 148 valence electrons. The van der Waals surface area contributed by atoms with Crippen LogP contribution < -0.4 is 5.32 Å². The van der Waals surface area contributed by atoms with Crippen molar-refractivity contribution in [3.63, 3.8) is 0 Å². The number of anilines is 1.